The van der Waals surface area contributed by atoms with E-state index in [9.17, 15) is 9.46 Å². The molecule has 0 spiro atoms. The van der Waals surface area contributed by atoms with E-state index in [-0.39, 0.29) is 18.2 Å². The Kier molecular flexibility index (Phi) is 6.62. The van der Waals surface area contributed by atoms with Crippen LogP contribution in [0, 0.1) is 0 Å². The number of ether oxygens (including phenoxy) is 2. The minimum Gasteiger partial charge on any atom is -0.382 e. The normalized spacial score (nSPS) is 32.3. The molecule has 0 amide bonds. The summed E-state index contributed by atoms with van der Waals surface area (Å²) in [6.45, 7) is -1.35. The minimum atomic E-state index is -3.56. The Morgan fingerprint density at radius 2 is 2.41 bits per heavy atom. The van der Waals surface area contributed by atoms with Gasteiger partial charge in [-0.3, -0.25) is 4.52 Å². The molecule has 1 fully saturated rings. The van der Waals surface area contributed by atoms with Crippen LogP contribution in [0.4, 0.5) is 0 Å². The highest BCUT2D eigenvalue weighted by Gasteiger charge is 2.39. The number of methoxy groups -OCH3 is 1. The van der Waals surface area contributed by atoms with Crippen LogP contribution in [0.1, 0.15) is 13.3 Å². The van der Waals surface area contributed by atoms with Crippen molar-refractivity contribution in [1.82, 2.24) is 0 Å². The van der Waals surface area contributed by atoms with Crippen LogP contribution in [0.25, 0.3) is 0 Å². The van der Waals surface area contributed by atoms with Gasteiger partial charge in [0.25, 0.3) is 0 Å². The molecular weight excluding hydrogens is 261 g/mol. The molecule has 0 aliphatic carbocycles. The van der Waals surface area contributed by atoms with E-state index in [4.69, 9.17) is 14.0 Å². The molecule has 1 rings (SSSR count). The summed E-state index contributed by atoms with van der Waals surface area (Å²) in [6, 6.07) is 0.0896. The number of hydrogen-bond acceptors (Lipinski definition) is 5. The van der Waals surface area contributed by atoms with E-state index in [2.05, 4.69) is 0 Å². The molecule has 1 aliphatic heterocycles. The Bertz CT molecular complexity index is 283. The zero-order chi connectivity index (χ0) is 12.9. The lowest BCUT2D eigenvalue weighted by molar-refractivity contribution is -0.0117. The average Bonchev–Trinajstić information content (AvgIpc) is 2.60. The Labute approximate surface area is 108 Å². The maximum Gasteiger partial charge on any atom is 0.386 e. The van der Waals surface area contributed by atoms with Crippen molar-refractivity contribution in [3.05, 3.63) is 0 Å². The van der Waals surface area contributed by atoms with Crippen LogP contribution < -0.4 is 0 Å². The zero-order valence-electron chi connectivity index (χ0n) is 10.5. The Morgan fingerprint density at radius 3 is 2.94 bits per heavy atom. The fourth-order valence-corrected chi connectivity index (χ4v) is 4.29. The minimum absolute atomic E-state index is 0.0896. The molecule has 4 atom stereocenters. The Hall–Kier alpha value is 0.550. The van der Waals surface area contributed by atoms with Crippen molar-refractivity contribution >= 4 is 33.1 Å². The van der Waals surface area contributed by atoms with E-state index in [1.165, 1.54) is 0 Å². The van der Waals surface area contributed by atoms with E-state index < -0.39 is 6.80 Å². The third-order valence-electron chi connectivity index (χ3n) is 2.62. The monoisotopic (exact) mass is 280 g/mol. The van der Waals surface area contributed by atoms with Gasteiger partial charge in [-0.15, -0.1) is 0 Å². The van der Waals surface area contributed by atoms with Gasteiger partial charge in [-0.1, -0.05) is 6.92 Å². The van der Waals surface area contributed by atoms with Crippen LogP contribution in [0.5, 0.6) is 0 Å². The molecule has 1 aliphatic rings. The summed E-state index contributed by atoms with van der Waals surface area (Å²) in [5, 5.41) is 0. The summed E-state index contributed by atoms with van der Waals surface area (Å²) >= 11 is 0.942. The van der Waals surface area contributed by atoms with Gasteiger partial charge in [0.15, 0.2) is 0 Å². The van der Waals surface area contributed by atoms with Gasteiger partial charge < -0.3 is 14.4 Å². The van der Waals surface area contributed by atoms with Crippen molar-refractivity contribution in [3.8, 4) is 0 Å². The van der Waals surface area contributed by atoms with Gasteiger partial charge in [-0.05, 0) is 17.8 Å². The first-order chi connectivity index (χ1) is 8.02. The molecule has 98 valence electrons. The smallest absolute Gasteiger partial charge is 0.382 e. The van der Waals surface area contributed by atoms with Gasteiger partial charge >= 0.3 is 6.80 Å². The van der Waals surface area contributed by atoms with Crippen LogP contribution in [0.15, 0.2) is 0 Å². The molecule has 4 unspecified atom stereocenters. The van der Waals surface area contributed by atoms with Crippen LogP contribution in [0.3, 0.4) is 0 Å². The van der Waals surface area contributed by atoms with Crippen LogP contribution in [-0.4, -0.2) is 57.5 Å². The topological polar surface area (TPSA) is 65.0 Å². The molecule has 1 N–H and O–H groups in total. The maximum absolute atomic E-state index is 11.7. The lowest BCUT2D eigenvalue weighted by Gasteiger charge is -2.20. The van der Waals surface area contributed by atoms with E-state index in [1.807, 2.05) is 14.7 Å². The fraction of sp³-hybridized carbons (Fsp3) is 1.00. The van der Waals surface area contributed by atoms with E-state index in [0.717, 1.165) is 18.6 Å². The second kappa shape index (κ2) is 7.22. The standard InChI is InChI=1S/C8H19B2O5PS/c1-3-17-16(11,12)15-6-4-8(10-9)14-7(6)5-13-2/h6-8,10H,3-5,9H2,1-2H3,(H,11,12). The predicted octanol–water partition coefficient (Wildman–Crippen LogP) is -0.0289. The van der Waals surface area contributed by atoms with Crippen LogP contribution in [-0.2, 0) is 18.6 Å². The van der Waals surface area contributed by atoms with Crippen molar-refractivity contribution in [1.29, 1.82) is 0 Å². The fourth-order valence-electron chi connectivity index (χ4n) is 1.85. The largest absolute Gasteiger partial charge is 0.386 e. The molecule has 0 aromatic rings. The van der Waals surface area contributed by atoms with Gasteiger partial charge in [0.05, 0.1) is 20.4 Å². The highest BCUT2D eigenvalue weighted by atomic mass is 32.7. The van der Waals surface area contributed by atoms with E-state index in [0.29, 0.717) is 18.8 Å². The van der Waals surface area contributed by atoms with Crippen LogP contribution >= 0.6 is 18.2 Å². The molecule has 5 nitrogen and oxygen atoms in total. The summed E-state index contributed by atoms with van der Waals surface area (Å²) in [4.78, 5) is 9.62. The molecule has 0 aromatic carbocycles. The van der Waals surface area contributed by atoms with Crippen molar-refractivity contribution in [2.45, 2.75) is 31.6 Å². The molecule has 0 radical (unpaired) electrons. The van der Waals surface area contributed by atoms with Gasteiger partial charge in [0, 0.05) is 18.9 Å². The van der Waals surface area contributed by atoms with Crippen molar-refractivity contribution in [2.24, 2.45) is 0 Å². The molecule has 0 aromatic heterocycles. The van der Waals surface area contributed by atoms with E-state index >= 15 is 0 Å². The molecule has 17 heavy (non-hydrogen) atoms. The first-order valence-electron chi connectivity index (χ1n) is 5.82. The van der Waals surface area contributed by atoms with Crippen molar-refractivity contribution < 1.29 is 23.5 Å². The molecule has 0 saturated carbocycles. The predicted molar refractivity (Wildman–Crippen MR) is 73.7 cm³/mol. The summed E-state index contributed by atoms with van der Waals surface area (Å²) in [7, 11) is 4.48. The van der Waals surface area contributed by atoms with E-state index in [1.54, 1.807) is 7.11 Å². The first kappa shape index (κ1) is 15.6. The molecule has 9 heteroatoms. The third kappa shape index (κ3) is 4.97. The van der Waals surface area contributed by atoms with Gasteiger partial charge in [0.1, 0.15) is 13.3 Å². The number of rotatable bonds is 7. The quantitative estimate of drug-likeness (QED) is 0.522. The summed E-state index contributed by atoms with van der Waals surface area (Å²) in [5.74, 6) is 0.549. The highest BCUT2D eigenvalue weighted by Crippen LogP contribution is 2.57. The third-order valence-corrected chi connectivity index (χ3v) is 5.76. The van der Waals surface area contributed by atoms with Gasteiger partial charge in [0.2, 0.25) is 0 Å². The Morgan fingerprint density at radius 1 is 1.71 bits per heavy atom. The average molecular weight is 280 g/mol. The Balaban J connectivity index is 2.57. The zero-order valence-corrected chi connectivity index (χ0v) is 12.2. The SMILES string of the molecule is BBC1CC(OP(=O)(O)SCC)C(COC)O1. The summed E-state index contributed by atoms with van der Waals surface area (Å²) < 4.78 is 27.8. The molecular formula is C8H19B2O5PS. The van der Waals surface area contributed by atoms with Crippen molar-refractivity contribution in [2.75, 3.05) is 19.5 Å². The number of hydrogen-bond donors (Lipinski definition) is 1. The first-order valence-corrected chi connectivity index (χ1v) is 8.99. The molecule has 1 heterocycles. The highest BCUT2D eigenvalue weighted by molar-refractivity contribution is 8.54. The lowest BCUT2D eigenvalue weighted by atomic mass is 9.51. The van der Waals surface area contributed by atoms with Crippen molar-refractivity contribution in [3.63, 3.8) is 0 Å². The molecule has 0 bridgehead atoms. The van der Waals surface area contributed by atoms with Gasteiger partial charge in [-0.25, -0.2) is 4.57 Å². The maximum atomic E-state index is 11.7. The van der Waals surface area contributed by atoms with Crippen LogP contribution in [0.2, 0.25) is 0 Å². The second-order valence-electron chi connectivity index (χ2n) is 3.93. The summed E-state index contributed by atoms with van der Waals surface area (Å²) in [5.41, 5.74) is 0. The molecule has 1 saturated heterocycles. The summed E-state index contributed by atoms with van der Waals surface area (Å²) in [6.07, 6.45) is 0.0527. The van der Waals surface area contributed by atoms with Gasteiger partial charge in [-0.2, -0.15) is 0 Å². The lowest BCUT2D eigenvalue weighted by Crippen LogP contribution is -2.28. The second-order valence-corrected chi connectivity index (χ2v) is 8.07.